The molecule has 1 unspecified atom stereocenters. The molecule has 1 atom stereocenters. The highest BCUT2D eigenvalue weighted by Gasteiger charge is 2.15. The average Bonchev–Trinajstić information content (AvgIpc) is 2.21. The summed E-state index contributed by atoms with van der Waals surface area (Å²) in [7, 11) is 1.42. The monoisotopic (exact) mass is 213 g/mol. The Labute approximate surface area is 88.7 Å². The van der Waals surface area contributed by atoms with Gasteiger partial charge < -0.3 is 15.6 Å². The van der Waals surface area contributed by atoms with Crippen molar-refractivity contribution in [2.75, 3.05) is 13.7 Å². The molecule has 0 fully saturated rings. The number of nitrogens with two attached hydrogens (primary N) is 1. The molecule has 0 aliphatic carbocycles. The third kappa shape index (κ3) is 2.67. The maximum Gasteiger partial charge on any atom is 0.169 e. The van der Waals surface area contributed by atoms with Crippen LogP contribution in [0, 0.1) is 12.7 Å². The normalized spacial score (nSPS) is 12.6. The summed E-state index contributed by atoms with van der Waals surface area (Å²) in [6.07, 6.45) is 0.337. The van der Waals surface area contributed by atoms with E-state index in [0.29, 0.717) is 12.0 Å². The van der Waals surface area contributed by atoms with Crippen LogP contribution in [0.5, 0.6) is 5.75 Å². The molecule has 0 radical (unpaired) electrons. The predicted molar refractivity (Wildman–Crippen MR) is 56.3 cm³/mol. The summed E-state index contributed by atoms with van der Waals surface area (Å²) in [6, 6.07) is 2.80. The molecule has 0 spiro atoms. The third-order valence-electron chi connectivity index (χ3n) is 2.27. The van der Waals surface area contributed by atoms with Crippen molar-refractivity contribution in [2.24, 2.45) is 5.73 Å². The van der Waals surface area contributed by atoms with Gasteiger partial charge in [-0.15, -0.1) is 0 Å². The topological polar surface area (TPSA) is 55.5 Å². The maximum absolute atomic E-state index is 13.7. The first kappa shape index (κ1) is 11.9. The number of halogens is 1. The number of aryl methyl sites for hydroxylation is 1. The Morgan fingerprint density at radius 3 is 2.73 bits per heavy atom. The first-order valence-electron chi connectivity index (χ1n) is 4.80. The molecule has 1 aromatic carbocycles. The van der Waals surface area contributed by atoms with E-state index in [9.17, 15) is 4.39 Å². The second kappa shape index (κ2) is 5.09. The van der Waals surface area contributed by atoms with Crippen molar-refractivity contribution in [2.45, 2.75) is 19.4 Å². The zero-order chi connectivity index (χ0) is 11.4. The minimum absolute atomic E-state index is 0.0587. The smallest absolute Gasteiger partial charge is 0.169 e. The number of rotatable bonds is 4. The largest absolute Gasteiger partial charge is 0.494 e. The number of ether oxygens (including phenoxy) is 1. The molecule has 0 bridgehead atoms. The van der Waals surface area contributed by atoms with Gasteiger partial charge in [0.1, 0.15) is 0 Å². The summed E-state index contributed by atoms with van der Waals surface area (Å²) < 4.78 is 18.6. The second-order valence-electron chi connectivity index (χ2n) is 3.49. The molecule has 0 heterocycles. The molecule has 0 amide bonds. The highest BCUT2D eigenvalue weighted by molar-refractivity contribution is 5.37. The van der Waals surface area contributed by atoms with Crippen LogP contribution in [0.1, 0.15) is 23.6 Å². The van der Waals surface area contributed by atoms with E-state index in [2.05, 4.69) is 0 Å². The Morgan fingerprint density at radius 2 is 2.20 bits per heavy atom. The molecule has 0 aliphatic heterocycles. The van der Waals surface area contributed by atoms with E-state index in [1.54, 1.807) is 12.1 Å². The van der Waals surface area contributed by atoms with Crippen molar-refractivity contribution >= 4 is 0 Å². The van der Waals surface area contributed by atoms with Crippen LogP contribution in [0.4, 0.5) is 4.39 Å². The number of aliphatic hydroxyl groups is 1. The van der Waals surface area contributed by atoms with Crippen LogP contribution in [0.2, 0.25) is 0 Å². The van der Waals surface area contributed by atoms with Crippen molar-refractivity contribution in [3.63, 3.8) is 0 Å². The number of methoxy groups -OCH3 is 1. The molecule has 1 rings (SSSR count). The molecule has 3 N–H and O–H groups in total. The van der Waals surface area contributed by atoms with E-state index in [0.717, 1.165) is 5.56 Å². The van der Waals surface area contributed by atoms with E-state index in [1.807, 2.05) is 6.92 Å². The number of benzene rings is 1. The fraction of sp³-hybridized carbons (Fsp3) is 0.455. The van der Waals surface area contributed by atoms with Crippen LogP contribution in [0.15, 0.2) is 12.1 Å². The first-order chi connectivity index (χ1) is 7.10. The maximum atomic E-state index is 13.7. The van der Waals surface area contributed by atoms with E-state index >= 15 is 0 Å². The molecule has 0 saturated heterocycles. The van der Waals surface area contributed by atoms with Gasteiger partial charge in [0.25, 0.3) is 0 Å². The van der Waals surface area contributed by atoms with E-state index in [-0.39, 0.29) is 12.4 Å². The van der Waals surface area contributed by atoms with Gasteiger partial charge in [-0.1, -0.05) is 6.07 Å². The molecular weight excluding hydrogens is 197 g/mol. The van der Waals surface area contributed by atoms with Crippen LogP contribution < -0.4 is 10.5 Å². The molecule has 1 aromatic rings. The number of hydrogen-bond acceptors (Lipinski definition) is 3. The fourth-order valence-electron chi connectivity index (χ4n) is 1.48. The van der Waals surface area contributed by atoms with Gasteiger partial charge in [-0.2, -0.15) is 0 Å². The zero-order valence-corrected chi connectivity index (χ0v) is 8.96. The lowest BCUT2D eigenvalue weighted by molar-refractivity contribution is 0.275. The Balaban J connectivity index is 3.11. The zero-order valence-electron chi connectivity index (χ0n) is 8.96. The predicted octanol–water partition coefficient (Wildman–Crippen LogP) is 1.52. The van der Waals surface area contributed by atoms with Crippen LogP contribution >= 0.6 is 0 Å². The van der Waals surface area contributed by atoms with Crippen LogP contribution in [-0.4, -0.2) is 18.8 Å². The first-order valence-corrected chi connectivity index (χ1v) is 4.80. The molecule has 15 heavy (non-hydrogen) atoms. The summed E-state index contributed by atoms with van der Waals surface area (Å²) in [5.41, 5.74) is 7.02. The van der Waals surface area contributed by atoms with E-state index in [1.165, 1.54) is 7.11 Å². The fourth-order valence-corrected chi connectivity index (χ4v) is 1.48. The minimum atomic E-state index is -0.496. The summed E-state index contributed by atoms with van der Waals surface area (Å²) in [5, 5.41) is 8.75. The Bertz CT molecular complexity index is 342. The van der Waals surface area contributed by atoms with Gasteiger partial charge in [0.2, 0.25) is 0 Å². The van der Waals surface area contributed by atoms with Crippen molar-refractivity contribution in [3.05, 3.63) is 29.1 Å². The van der Waals surface area contributed by atoms with E-state index in [4.69, 9.17) is 15.6 Å². The summed E-state index contributed by atoms with van der Waals surface area (Å²) in [4.78, 5) is 0. The van der Waals surface area contributed by atoms with Crippen LogP contribution in [0.3, 0.4) is 0 Å². The quantitative estimate of drug-likeness (QED) is 0.797. The highest BCUT2D eigenvalue weighted by atomic mass is 19.1. The third-order valence-corrected chi connectivity index (χ3v) is 2.27. The van der Waals surface area contributed by atoms with Gasteiger partial charge >= 0.3 is 0 Å². The van der Waals surface area contributed by atoms with Crippen molar-refractivity contribution in [1.82, 2.24) is 0 Å². The summed E-state index contributed by atoms with van der Waals surface area (Å²) in [5.74, 6) is -0.248. The Kier molecular flexibility index (Phi) is 4.05. The highest BCUT2D eigenvalue weighted by Crippen LogP contribution is 2.27. The van der Waals surface area contributed by atoms with Gasteiger partial charge in [0.05, 0.1) is 7.11 Å². The molecule has 0 aliphatic rings. The standard InChI is InChI=1S/C11H16FNO2/c1-7-5-8(9(13)3-4-14)11(12)10(6-7)15-2/h5-6,9,14H,3-4,13H2,1-2H3. The van der Waals surface area contributed by atoms with Crippen molar-refractivity contribution < 1.29 is 14.2 Å². The molecule has 0 saturated carbocycles. The lowest BCUT2D eigenvalue weighted by atomic mass is 10.0. The second-order valence-corrected chi connectivity index (χ2v) is 3.49. The minimum Gasteiger partial charge on any atom is -0.494 e. The van der Waals surface area contributed by atoms with Gasteiger partial charge in [-0.3, -0.25) is 0 Å². The van der Waals surface area contributed by atoms with Gasteiger partial charge in [-0.05, 0) is 25.0 Å². The SMILES string of the molecule is COc1cc(C)cc(C(N)CCO)c1F. The Morgan fingerprint density at radius 1 is 1.53 bits per heavy atom. The number of hydrogen-bond donors (Lipinski definition) is 2. The van der Waals surface area contributed by atoms with Crippen LogP contribution in [0.25, 0.3) is 0 Å². The van der Waals surface area contributed by atoms with Crippen LogP contribution in [-0.2, 0) is 0 Å². The van der Waals surface area contributed by atoms with E-state index < -0.39 is 11.9 Å². The molecule has 3 nitrogen and oxygen atoms in total. The average molecular weight is 213 g/mol. The van der Waals surface area contributed by atoms with Crippen molar-refractivity contribution in [1.29, 1.82) is 0 Å². The van der Waals surface area contributed by atoms with Gasteiger partial charge in [0.15, 0.2) is 11.6 Å². The summed E-state index contributed by atoms with van der Waals surface area (Å²) in [6.45, 7) is 1.79. The summed E-state index contributed by atoms with van der Waals surface area (Å²) >= 11 is 0. The Hall–Kier alpha value is -1.13. The molecular formula is C11H16FNO2. The molecule has 0 aromatic heterocycles. The molecule has 4 heteroatoms. The van der Waals surface area contributed by atoms with Gasteiger partial charge in [0, 0.05) is 18.2 Å². The van der Waals surface area contributed by atoms with Gasteiger partial charge in [-0.25, -0.2) is 4.39 Å². The molecule has 84 valence electrons. The lowest BCUT2D eigenvalue weighted by Gasteiger charge is -2.14. The number of aliphatic hydroxyl groups excluding tert-OH is 1. The lowest BCUT2D eigenvalue weighted by Crippen LogP contribution is -2.14. The van der Waals surface area contributed by atoms with Crippen molar-refractivity contribution in [3.8, 4) is 5.75 Å².